The summed E-state index contributed by atoms with van der Waals surface area (Å²) in [4.78, 5) is 3.87. The van der Waals surface area contributed by atoms with Crippen molar-refractivity contribution < 1.29 is 8.42 Å². The van der Waals surface area contributed by atoms with Crippen LogP contribution in [-0.2, 0) is 10.0 Å². The van der Waals surface area contributed by atoms with Crippen LogP contribution in [0.2, 0.25) is 4.47 Å². The molecule has 0 unspecified atom stereocenters. The third kappa shape index (κ3) is 3.18. The van der Waals surface area contributed by atoms with Crippen molar-refractivity contribution in [1.29, 1.82) is 0 Å². The van der Waals surface area contributed by atoms with Crippen LogP contribution in [0.3, 0.4) is 0 Å². The first-order valence-electron chi connectivity index (χ1n) is 7.20. The summed E-state index contributed by atoms with van der Waals surface area (Å²) in [7, 11) is -3.41. The minimum absolute atomic E-state index is 0.197. The summed E-state index contributed by atoms with van der Waals surface area (Å²) < 4.78 is 27.8. The van der Waals surface area contributed by atoms with E-state index in [4.69, 9.17) is 11.6 Å². The van der Waals surface area contributed by atoms with E-state index in [-0.39, 0.29) is 14.7 Å². The Hall–Kier alpha value is -0.170. The number of nitrogens with zero attached hydrogens (tertiary/aromatic N) is 2. The van der Waals surface area contributed by atoms with Gasteiger partial charge in [0.1, 0.15) is 0 Å². The number of thiazole rings is 1. The van der Waals surface area contributed by atoms with Crippen LogP contribution < -0.4 is 0 Å². The Morgan fingerprint density at radius 2 is 1.95 bits per heavy atom. The maximum Gasteiger partial charge on any atom is 0.254 e. The lowest BCUT2D eigenvalue weighted by Gasteiger charge is -2.28. The van der Waals surface area contributed by atoms with E-state index in [1.54, 1.807) is 4.31 Å². The van der Waals surface area contributed by atoms with Gasteiger partial charge < -0.3 is 0 Å². The van der Waals surface area contributed by atoms with E-state index >= 15 is 0 Å². The number of sulfonamides is 1. The van der Waals surface area contributed by atoms with E-state index in [1.807, 2.05) is 0 Å². The second kappa shape index (κ2) is 5.91. The smallest absolute Gasteiger partial charge is 0.232 e. The van der Waals surface area contributed by atoms with E-state index in [9.17, 15) is 8.42 Å². The van der Waals surface area contributed by atoms with Crippen LogP contribution in [0.4, 0.5) is 0 Å². The molecule has 0 atom stereocenters. The molecule has 1 heterocycles. The number of rotatable bonds is 5. The van der Waals surface area contributed by atoms with Gasteiger partial charge in [-0.15, -0.1) is 0 Å². The van der Waals surface area contributed by atoms with Gasteiger partial charge in [0, 0.05) is 12.6 Å². The summed E-state index contributed by atoms with van der Waals surface area (Å²) in [5.41, 5.74) is 0. The summed E-state index contributed by atoms with van der Waals surface area (Å²) in [6.45, 7) is 0.669. The van der Waals surface area contributed by atoms with Gasteiger partial charge >= 0.3 is 0 Å². The Morgan fingerprint density at radius 3 is 2.50 bits per heavy atom. The summed E-state index contributed by atoms with van der Waals surface area (Å²) in [6.07, 6.45) is 9.42. The molecule has 4 nitrogen and oxygen atoms in total. The summed E-state index contributed by atoms with van der Waals surface area (Å²) in [5.74, 6) is 0.516. The molecule has 0 aromatic carbocycles. The predicted octanol–water partition coefficient (Wildman–Crippen LogP) is 3.53. The standard InChI is InChI=1S/C13H19ClN2O2S2/c14-13-15-8-12(19-13)20(17,18)16(11-6-7-11)9-10-4-2-1-3-5-10/h8,10-11H,1-7,9H2. The summed E-state index contributed by atoms with van der Waals surface area (Å²) in [6, 6.07) is 0.197. The first-order chi connectivity index (χ1) is 9.57. The predicted molar refractivity (Wildman–Crippen MR) is 80.6 cm³/mol. The highest BCUT2D eigenvalue weighted by Crippen LogP contribution is 2.36. The fourth-order valence-corrected chi connectivity index (χ4v) is 6.09. The van der Waals surface area contributed by atoms with Crippen LogP contribution >= 0.6 is 22.9 Å². The SMILES string of the molecule is O=S(=O)(c1cnc(Cl)s1)N(CC1CCCCC1)C1CC1. The Kier molecular flexibility index (Phi) is 4.36. The lowest BCUT2D eigenvalue weighted by atomic mass is 9.89. The molecule has 0 bridgehead atoms. The van der Waals surface area contributed by atoms with Crippen LogP contribution in [0.15, 0.2) is 10.4 Å². The second-order valence-corrected chi connectivity index (χ2v) is 9.47. The molecule has 3 rings (SSSR count). The Morgan fingerprint density at radius 1 is 1.25 bits per heavy atom. The third-order valence-corrected chi connectivity index (χ3v) is 7.61. The van der Waals surface area contributed by atoms with Gasteiger partial charge in [-0.25, -0.2) is 13.4 Å². The van der Waals surface area contributed by atoms with E-state index in [2.05, 4.69) is 4.98 Å². The average molecular weight is 335 g/mol. The summed E-state index contributed by atoms with van der Waals surface area (Å²) in [5, 5.41) is 0. The second-order valence-electron chi connectivity index (χ2n) is 5.74. The lowest BCUT2D eigenvalue weighted by molar-refractivity contribution is 0.275. The van der Waals surface area contributed by atoms with Crippen molar-refractivity contribution in [2.75, 3.05) is 6.54 Å². The maximum atomic E-state index is 12.7. The monoisotopic (exact) mass is 334 g/mol. The van der Waals surface area contributed by atoms with Crippen molar-refractivity contribution in [2.45, 2.75) is 55.2 Å². The van der Waals surface area contributed by atoms with Gasteiger partial charge in [-0.2, -0.15) is 4.31 Å². The summed E-state index contributed by atoms with van der Waals surface area (Å²) >= 11 is 6.84. The van der Waals surface area contributed by atoms with Crippen molar-refractivity contribution >= 4 is 33.0 Å². The van der Waals surface area contributed by atoms with Gasteiger partial charge in [-0.05, 0) is 31.6 Å². The Balaban J connectivity index is 1.79. The van der Waals surface area contributed by atoms with E-state index in [1.165, 1.54) is 25.5 Å². The quantitative estimate of drug-likeness (QED) is 0.827. The van der Waals surface area contributed by atoms with Crippen LogP contribution in [0.25, 0.3) is 0 Å². The minimum Gasteiger partial charge on any atom is -0.232 e. The van der Waals surface area contributed by atoms with Crippen LogP contribution in [0, 0.1) is 5.92 Å². The largest absolute Gasteiger partial charge is 0.254 e. The highest BCUT2D eigenvalue weighted by Gasteiger charge is 2.40. The van der Waals surface area contributed by atoms with Gasteiger partial charge in [0.2, 0.25) is 0 Å². The van der Waals surface area contributed by atoms with Crippen molar-refractivity contribution in [2.24, 2.45) is 5.92 Å². The number of aromatic nitrogens is 1. The van der Waals surface area contributed by atoms with Crippen molar-refractivity contribution in [3.8, 4) is 0 Å². The molecule has 0 radical (unpaired) electrons. The van der Waals surface area contributed by atoms with Gasteiger partial charge in [-0.1, -0.05) is 42.2 Å². The molecule has 112 valence electrons. The minimum atomic E-state index is -3.41. The molecule has 1 aromatic heterocycles. The van der Waals surface area contributed by atoms with Gasteiger partial charge in [0.15, 0.2) is 8.68 Å². The van der Waals surface area contributed by atoms with Gasteiger partial charge in [0.05, 0.1) is 6.20 Å². The molecule has 0 amide bonds. The van der Waals surface area contributed by atoms with Crippen LogP contribution in [0.5, 0.6) is 0 Å². The molecule has 1 aromatic rings. The molecule has 7 heteroatoms. The number of hydrogen-bond donors (Lipinski definition) is 0. The topological polar surface area (TPSA) is 50.3 Å². The normalized spacial score (nSPS) is 21.5. The first kappa shape index (κ1) is 14.8. The first-order valence-corrected chi connectivity index (χ1v) is 9.84. The molecule has 2 fully saturated rings. The van der Waals surface area contributed by atoms with Gasteiger partial charge in [-0.3, -0.25) is 0 Å². The average Bonchev–Trinajstić information content (AvgIpc) is 3.17. The number of hydrogen-bond acceptors (Lipinski definition) is 4. The third-order valence-electron chi connectivity index (χ3n) is 4.14. The van der Waals surface area contributed by atoms with Crippen molar-refractivity contribution in [3.05, 3.63) is 10.7 Å². The molecular weight excluding hydrogens is 316 g/mol. The fourth-order valence-electron chi connectivity index (χ4n) is 2.90. The molecule has 2 aliphatic carbocycles. The van der Waals surface area contributed by atoms with E-state index in [0.717, 1.165) is 37.0 Å². The van der Waals surface area contributed by atoms with E-state index in [0.29, 0.717) is 12.5 Å². The molecule has 20 heavy (non-hydrogen) atoms. The zero-order valence-electron chi connectivity index (χ0n) is 11.3. The van der Waals surface area contributed by atoms with Crippen LogP contribution in [0.1, 0.15) is 44.9 Å². The molecule has 0 saturated heterocycles. The lowest BCUT2D eigenvalue weighted by Crippen LogP contribution is -2.37. The fraction of sp³-hybridized carbons (Fsp3) is 0.769. The number of halogens is 1. The highest BCUT2D eigenvalue weighted by molar-refractivity contribution is 7.91. The molecule has 2 aliphatic rings. The zero-order valence-corrected chi connectivity index (χ0v) is 13.7. The molecule has 0 spiro atoms. The zero-order chi connectivity index (χ0) is 14.2. The molecule has 0 N–H and O–H groups in total. The van der Waals surface area contributed by atoms with Crippen molar-refractivity contribution in [3.63, 3.8) is 0 Å². The maximum absolute atomic E-state index is 12.7. The Bertz CT molecular complexity index is 563. The van der Waals surface area contributed by atoms with Gasteiger partial charge in [0.25, 0.3) is 10.0 Å². The molecule has 2 saturated carbocycles. The van der Waals surface area contributed by atoms with Crippen LogP contribution in [-0.4, -0.2) is 30.3 Å². The van der Waals surface area contributed by atoms with Crippen molar-refractivity contribution in [1.82, 2.24) is 9.29 Å². The molecular formula is C13H19ClN2O2S2. The Labute approximate surface area is 129 Å². The molecule has 0 aliphatic heterocycles. The highest BCUT2D eigenvalue weighted by atomic mass is 35.5. The van der Waals surface area contributed by atoms with E-state index < -0.39 is 10.0 Å².